The number of carbonyl (C=O) groups is 1. The highest BCUT2D eigenvalue weighted by Gasteiger charge is 2.19. The first-order valence-electron chi connectivity index (χ1n) is 11.3. The van der Waals surface area contributed by atoms with Crippen LogP contribution in [0.1, 0.15) is 56.1 Å². The van der Waals surface area contributed by atoms with Crippen LogP contribution in [0.2, 0.25) is 0 Å². The van der Waals surface area contributed by atoms with Crippen molar-refractivity contribution in [3.63, 3.8) is 0 Å². The van der Waals surface area contributed by atoms with Crippen LogP contribution in [0.4, 0.5) is 23.3 Å². The Hall–Kier alpha value is -3.46. The molecule has 0 bridgehead atoms. The van der Waals surface area contributed by atoms with Crippen LogP contribution < -0.4 is 21.3 Å². The normalized spacial score (nSPS) is 13.5. The molecule has 9 heteroatoms. The van der Waals surface area contributed by atoms with E-state index in [4.69, 9.17) is 0 Å². The van der Waals surface area contributed by atoms with E-state index in [1.54, 1.807) is 6.20 Å². The van der Waals surface area contributed by atoms with E-state index in [2.05, 4.69) is 69.2 Å². The fourth-order valence-corrected chi connectivity index (χ4v) is 3.61. The molecular weight excluding hydrogens is 416 g/mol. The maximum absolute atomic E-state index is 12.8. The second-order valence-corrected chi connectivity index (χ2v) is 9.56. The van der Waals surface area contributed by atoms with E-state index in [0.717, 1.165) is 25.2 Å². The van der Waals surface area contributed by atoms with Gasteiger partial charge in [0.25, 0.3) is 5.91 Å². The predicted octanol–water partition coefficient (Wildman–Crippen LogP) is 3.70. The third-order valence-electron chi connectivity index (χ3n) is 5.32. The first-order valence-corrected chi connectivity index (χ1v) is 11.3. The molecule has 0 saturated carbocycles. The Bertz CT molecular complexity index is 1150. The molecule has 0 fully saturated rings. The summed E-state index contributed by atoms with van der Waals surface area (Å²) in [6, 6.07) is 8.13. The molecule has 1 amide bonds. The molecule has 1 aliphatic heterocycles. The Labute approximate surface area is 194 Å². The molecule has 33 heavy (non-hydrogen) atoms. The molecule has 1 aliphatic rings. The highest BCUT2D eigenvalue weighted by atomic mass is 16.1. The van der Waals surface area contributed by atoms with Crippen LogP contribution in [0.5, 0.6) is 0 Å². The van der Waals surface area contributed by atoms with Gasteiger partial charge < -0.3 is 21.3 Å². The summed E-state index contributed by atoms with van der Waals surface area (Å²) in [7, 11) is 0. The number of nitrogens with zero attached hydrogens (tertiary/aromatic N) is 4. The summed E-state index contributed by atoms with van der Waals surface area (Å²) in [6.45, 7) is 11.9. The summed E-state index contributed by atoms with van der Waals surface area (Å²) in [6.07, 6.45) is 4.43. The van der Waals surface area contributed by atoms with Crippen molar-refractivity contribution >= 4 is 29.2 Å². The van der Waals surface area contributed by atoms with Gasteiger partial charge in [0.05, 0.1) is 5.54 Å². The van der Waals surface area contributed by atoms with Crippen molar-refractivity contribution in [1.29, 1.82) is 0 Å². The molecule has 9 nitrogen and oxygen atoms in total. The lowest BCUT2D eigenvalue weighted by molar-refractivity contribution is 0.0943. The first kappa shape index (κ1) is 22.7. The van der Waals surface area contributed by atoms with Crippen molar-refractivity contribution in [2.45, 2.75) is 59.2 Å². The molecule has 1 aromatic carbocycles. The van der Waals surface area contributed by atoms with Gasteiger partial charge in [-0.3, -0.25) is 9.48 Å². The van der Waals surface area contributed by atoms with E-state index < -0.39 is 0 Å². The van der Waals surface area contributed by atoms with Crippen molar-refractivity contribution in [1.82, 2.24) is 30.4 Å². The Balaban J connectivity index is 1.62. The Morgan fingerprint density at radius 2 is 1.97 bits per heavy atom. The third-order valence-corrected chi connectivity index (χ3v) is 5.32. The second-order valence-electron chi connectivity index (χ2n) is 9.56. The number of fused-ring (bicyclic) bond motifs is 1. The molecular formula is C24H32N8O. The van der Waals surface area contributed by atoms with Crippen molar-refractivity contribution in [2.24, 2.45) is 0 Å². The summed E-state index contributed by atoms with van der Waals surface area (Å²) in [4.78, 5) is 21.8. The Morgan fingerprint density at radius 3 is 2.70 bits per heavy atom. The molecule has 4 N–H and O–H groups in total. The van der Waals surface area contributed by atoms with Gasteiger partial charge in [-0.25, -0.2) is 4.98 Å². The van der Waals surface area contributed by atoms with Crippen LogP contribution in [0.3, 0.4) is 0 Å². The average Bonchev–Trinajstić information content (AvgIpc) is 3.22. The monoisotopic (exact) mass is 448 g/mol. The molecule has 2 aromatic heterocycles. The average molecular weight is 449 g/mol. The minimum Gasteiger partial charge on any atom is -0.350 e. The number of hydrogen-bond donors (Lipinski definition) is 4. The standard InChI is InChI=1S/C24H32N8O/c1-15(2)27-22(33)19-14-26-23(28-18-7-6-17-13-25-10-8-16(17)12-18)30-21(19)29-20-9-11-32(31-20)24(3,4)5/h6-7,9,11-12,14-15,25H,8,10,13H2,1-5H3,(H,27,33)(H2,26,28,29,30,31). The number of carbonyl (C=O) groups excluding carboxylic acids is 1. The van der Waals surface area contributed by atoms with Gasteiger partial charge in [0.1, 0.15) is 11.4 Å². The van der Waals surface area contributed by atoms with E-state index in [0.29, 0.717) is 23.1 Å². The van der Waals surface area contributed by atoms with Crippen LogP contribution in [0, 0.1) is 0 Å². The molecule has 0 unspecified atom stereocenters. The van der Waals surface area contributed by atoms with Gasteiger partial charge in [0.15, 0.2) is 5.82 Å². The summed E-state index contributed by atoms with van der Waals surface area (Å²) in [5.41, 5.74) is 3.75. The number of nitrogens with one attached hydrogen (secondary N) is 4. The van der Waals surface area contributed by atoms with Crippen LogP contribution >= 0.6 is 0 Å². The minimum absolute atomic E-state index is 0.00626. The van der Waals surface area contributed by atoms with E-state index in [1.807, 2.05) is 36.9 Å². The topological polar surface area (TPSA) is 109 Å². The van der Waals surface area contributed by atoms with Gasteiger partial charge in [-0.2, -0.15) is 10.1 Å². The van der Waals surface area contributed by atoms with Gasteiger partial charge in [0.2, 0.25) is 5.95 Å². The number of aromatic nitrogens is 4. The lowest BCUT2D eigenvalue weighted by Gasteiger charge is -2.19. The third kappa shape index (κ3) is 5.48. The zero-order valence-corrected chi connectivity index (χ0v) is 19.9. The van der Waals surface area contributed by atoms with E-state index in [1.165, 1.54) is 11.1 Å². The van der Waals surface area contributed by atoms with Gasteiger partial charge in [-0.05, 0) is 70.8 Å². The van der Waals surface area contributed by atoms with Gasteiger partial charge in [0, 0.05) is 36.7 Å². The summed E-state index contributed by atoms with van der Waals surface area (Å²) < 4.78 is 1.87. The van der Waals surface area contributed by atoms with Gasteiger partial charge in [-0.1, -0.05) is 6.07 Å². The molecule has 0 saturated heterocycles. The molecule has 4 rings (SSSR count). The molecule has 3 aromatic rings. The van der Waals surface area contributed by atoms with Crippen LogP contribution in [-0.4, -0.2) is 38.2 Å². The van der Waals surface area contributed by atoms with Crippen LogP contribution in [0.25, 0.3) is 0 Å². The SMILES string of the molecule is CC(C)NC(=O)c1cnc(Nc2ccc3c(c2)CCNC3)nc1Nc1ccn(C(C)(C)C)n1. The lowest BCUT2D eigenvalue weighted by Crippen LogP contribution is -2.31. The molecule has 0 aliphatic carbocycles. The number of hydrogen-bond acceptors (Lipinski definition) is 7. The van der Waals surface area contributed by atoms with Crippen molar-refractivity contribution < 1.29 is 4.79 Å². The van der Waals surface area contributed by atoms with Gasteiger partial charge >= 0.3 is 0 Å². The predicted molar refractivity (Wildman–Crippen MR) is 130 cm³/mol. The Kier molecular flexibility index (Phi) is 6.33. The van der Waals surface area contributed by atoms with Crippen LogP contribution in [-0.2, 0) is 18.5 Å². The summed E-state index contributed by atoms with van der Waals surface area (Å²) in [5.74, 6) is 1.17. The van der Waals surface area contributed by atoms with Gasteiger partial charge in [-0.15, -0.1) is 0 Å². The zero-order valence-electron chi connectivity index (χ0n) is 19.9. The lowest BCUT2D eigenvalue weighted by atomic mass is 10.0. The molecule has 0 spiro atoms. The molecule has 0 radical (unpaired) electrons. The molecule has 3 heterocycles. The van der Waals surface area contributed by atoms with Crippen molar-refractivity contribution in [3.8, 4) is 0 Å². The number of amides is 1. The maximum atomic E-state index is 12.8. The fraction of sp³-hybridized carbons (Fsp3) is 0.417. The summed E-state index contributed by atoms with van der Waals surface area (Å²) >= 11 is 0. The highest BCUT2D eigenvalue weighted by Crippen LogP contribution is 2.24. The van der Waals surface area contributed by atoms with Crippen LogP contribution in [0.15, 0.2) is 36.7 Å². The smallest absolute Gasteiger partial charge is 0.256 e. The molecule has 0 atom stereocenters. The maximum Gasteiger partial charge on any atom is 0.256 e. The second kappa shape index (κ2) is 9.19. The fourth-order valence-electron chi connectivity index (χ4n) is 3.61. The number of anilines is 4. The van der Waals surface area contributed by atoms with E-state index in [-0.39, 0.29) is 17.5 Å². The highest BCUT2D eigenvalue weighted by molar-refractivity contribution is 5.99. The number of benzene rings is 1. The van der Waals surface area contributed by atoms with Crippen molar-refractivity contribution in [2.75, 3.05) is 17.2 Å². The summed E-state index contributed by atoms with van der Waals surface area (Å²) in [5, 5.41) is 17.4. The molecule has 174 valence electrons. The Morgan fingerprint density at radius 1 is 1.15 bits per heavy atom. The quantitative estimate of drug-likeness (QED) is 0.455. The number of rotatable bonds is 6. The minimum atomic E-state index is -0.240. The first-order chi connectivity index (χ1) is 15.7. The van der Waals surface area contributed by atoms with E-state index >= 15 is 0 Å². The van der Waals surface area contributed by atoms with Crippen molar-refractivity contribution in [3.05, 3.63) is 53.3 Å². The zero-order chi connectivity index (χ0) is 23.6. The largest absolute Gasteiger partial charge is 0.350 e. The van der Waals surface area contributed by atoms with E-state index in [9.17, 15) is 4.79 Å².